The zero-order valence-corrected chi connectivity index (χ0v) is 9.90. The summed E-state index contributed by atoms with van der Waals surface area (Å²) >= 11 is 0. The van der Waals surface area contributed by atoms with Crippen molar-refractivity contribution in [1.82, 2.24) is 5.16 Å². The normalized spacial score (nSPS) is 11.9. The summed E-state index contributed by atoms with van der Waals surface area (Å²) in [6.07, 6.45) is 0. The van der Waals surface area contributed by atoms with Crippen LogP contribution in [0.3, 0.4) is 0 Å². The van der Waals surface area contributed by atoms with Crippen molar-refractivity contribution in [1.29, 1.82) is 5.41 Å². The van der Waals surface area contributed by atoms with E-state index in [4.69, 9.17) is 14.7 Å². The molecular weight excluding hydrogens is 224 g/mol. The maximum atomic E-state index is 11.6. The van der Waals surface area contributed by atoms with E-state index < -0.39 is 5.97 Å². The van der Waals surface area contributed by atoms with Gasteiger partial charge >= 0.3 is 5.97 Å². The summed E-state index contributed by atoms with van der Waals surface area (Å²) in [5.74, 6) is -0.937. The molecule has 1 rings (SSSR count). The van der Waals surface area contributed by atoms with E-state index in [-0.39, 0.29) is 29.4 Å². The number of carbonyl (C=O) groups is 1. The van der Waals surface area contributed by atoms with Gasteiger partial charge in [0, 0.05) is 6.07 Å². The Bertz CT molecular complexity index is 470. The molecule has 92 valence electrons. The Morgan fingerprint density at radius 1 is 1.65 bits per heavy atom. The predicted octanol–water partition coefficient (Wildman–Crippen LogP) is 1.75. The summed E-state index contributed by atoms with van der Waals surface area (Å²) < 4.78 is 9.61. The minimum Gasteiger partial charge on any atom is -0.512 e. The average molecular weight is 238 g/mol. The van der Waals surface area contributed by atoms with Gasteiger partial charge in [-0.05, 0) is 20.8 Å². The van der Waals surface area contributed by atoms with Crippen molar-refractivity contribution in [2.75, 3.05) is 6.61 Å². The standard InChI is InChI=1S/C11H14N2O4/c1-4-16-11(15)9(7(3)14)10(12)8-5-6(2)13-17-8/h5,12,14H,4H2,1-3H3. The van der Waals surface area contributed by atoms with Gasteiger partial charge in [-0.1, -0.05) is 5.16 Å². The molecule has 0 spiro atoms. The second-order valence-corrected chi connectivity index (χ2v) is 3.39. The zero-order chi connectivity index (χ0) is 13.0. The number of aryl methyl sites for hydroxylation is 1. The first-order chi connectivity index (χ1) is 7.97. The molecule has 0 atom stereocenters. The van der Waals surface area contributed by atoms with E-state index >= 15 is 0 Å². The van der Waals surface area contributed by atoms with Crippen molar-refractivity contribution in [2.24, 2.45) is 0 Å². The number of aromatic nitrogens is 1. The molecule has 0 radical (unpaired) electrons. The Labute approximate surface area is 98.4 Å². The maximum absolute atomic E-state index is 11.6. The highest BCUT2D eigenvalue weighted by Gasteiger charge is 2.23. The monoisotopic (exact) mass is 238 g/mol. The van der Waals surface area contributed by atoms with Crippen LogP contribution in [0.1, 0.15) is 25.3 Å². The molecule has 0 aliphatic rings. The third-order valence-electron chi connectivity index (χ3n) is 1.97. The largest absolute Gasteiger partial charge is 0.512 e. The summed E-state index contributed by atoms with van der Waals surface area (Å²) in [4.78, 5) is 11.6. The molecule has 1 aromatic rings. The average Bonchev–Trinajstić information content (AvgIpc) is 2.64. The van der Waals surface area contributed by atoms with Crippen LogP contribution in [-0.2, 0) is 9.53 Å². The first-order valence-corrected chi connectivity index (χ1v) is 5.07. The van der Waals surface area contributed by atoms with Crippen molar-refractivity contribution < 1.29 is 19.2 Å². The minimum atomic E-state index is -0.758. The molecule has 2 N–H and O–H groups in total. The third kappa shape index (κ3) is 2.93. The van der Waals surface area contributed by atoms with E-state index in [0.717, 1.165) is 0 Å². The van der Waals surface area contributed by atoms with Crippen molar-refractivity contribution in [3.63, 3.8) is 0 Å². The maximum Gasteiger partial charge on any atom is 0.343 e. The number of hydrogen-bond donors (Lipinski definition) is 2. The van der Waals surface area contributed by atoms with Crippen LogP contribution >= 0.6 is 0 Å². The molecule has 0 bridgehead atoms. The van der Waals surface area contributed by atoms with Gasteiger partial charge in [0.05, 0.1) is 12.3 Å². The van der Waals surface area contributed by atoms with Crippen LogP contribution in [0, 0.1) is 12.3 Å². The highest BCUT2D eigenvalue weighted by atomic mass is 16.5. The fourth-order valence-corrected chi connectivity index (χ4v) is 1.24. The Kier molecular flexibility index (Phi) is 4.03. The molecule has 0 aromatic carbocycles. The zero-order valence-electron chi connectivity index (χ0n) is 9.90. The number of esters is 1. The van der Waals surface area contributed by atoms with Crippen molar-refractivity contribution in [2.45, 2.75) is 20.8 Å². The molecule has 0 saturated heterocycles. The van der Waals surface area contributed by atoms with Gasteiger partial charge in [0.25, 0.3) is 0 Å². The number of allylic oxidation sites excluding steroid dienone is 1. The molecule has 0 aliphatic heterocycles. The molecule has 0 fully saturated rings. The number of nitrogens with zero attached hydrogens (tertiary/aromatic N) is 1. The lowest BCUT2D eigenvalue weighted by molar-refractivity contribution is -0.138. The summed E-state index contributed by atoms with van der Waals surface area (Å²) in [6.45, 7) is 4.81. The van der Waals surface area contributed by atoms with Crippen LogP contribution in [0.15, 0.2) is 21.9 Å². The molecular formula is C11H14N2O4. The summed E-state index contributed by atoms with van der Waals surface area (Å²) in [7, 11) is 0. The number of nitrogens with one attached hydrogen (secondary N) is 1. The van der Waals surface area contributed by atoms with E-state index in [1.807, 2.05) is 0 Å². The topological polar surface area (TPSA) is 96.4 Å². The second-order valence-electron chi connectivity index (χ2n) is 3.39. The Morgan fingerprint density at radius 2 is 2.29 bits per heavy atom. The highest BCUT2D eigenvalue weighted by molar-refractivity contribution is 6.24. The van der Waals surface area contributed by atoms with E-state index in [0.29, 0.717) is 5.69 Å². The second kappa shape index (κ2) is 5.29. The van der Waals surface area contributed by atoms with Gasteiger partial charge < -0.3 is 14.4 Å². The van der Waals surface area contributed by atoms with Crippen molar-refractivity contribution in [3.8, 4) is 0 Å². The first-order valence-electron chi connectivity index (χ1n) is 5.07. The Morgan fingerprint density at radius 3 is 2.71 bits per heavy atom. The number of rotatable bonds is 4. The molecule has 0 aliphatic carbocycles. The summed E-state index contributed by atoms with van der Waals surface area (Å²) in [6, 6.07) is 1.50. The third-order valence-corrected chi connectivity index (χ3v) is 1.97. The smallest absolute Gasteiger partial charge is 0.343 e. The van der Waals surface area contributed by atoms with Gasteiger partial charge in [0.15, 0.2) is 5.76 Å². The number of aliphatic hydroxyl groups is 1. The van der Waals surface area contributed by atoms with Gasteiger partial charge in [-0.2, -0.15) is 0 Å². The lowest BCUT2D eigenvalue weighted by Crippen LogP contribution is -2.17. The molecule has 0 unspecified atom stereocenters. The number of aliphatic hydroxyl groups excluding tert-OH is 1. The highest BCUT2D eigenvalue weighted by Crippen LogP contribution is 2.14. The number of ether oxygens (including phenoxy) is 1. The molecule has 6 heteroatoms. The van der Waals surface area contributed by atoms with Crippen LogP contribution in [0.4, 0.5) is 0 Å². The van der Waals surface area contributed by atoms with Crippen molar-refractivity contribution in [3.05, 3.63) is 28.9 Å². The molecule has 1 aromatic heterocycles. The molecule has 1 heterocycles. The number of hydrogen-bond acceptors (Lipinski definition) is 6. The minimum absolute atomic E-state index is 0.110. The van der Waals surface area contributed by atoms with Crippen LogP contribution in [0.5, 0.6) is 0 Å². The number of carbonyl (C=O) groups excluding carboxylic acids is 1. The van der Waals surface area contributed by atoms with E-state index in [2.05, 4.69) is 5.16 Å². The van der Waals surface area contributed by atoms with Gasteiger partial charge in [-0.25, -0.2) is 4.79 Å². The lowest BCUT2D eigenvalue weighted by Gasteiger charge is -2.06. The van der Waals surface area contributed by atoms with Crippen LogP contribution in [-0.4, -0.2) is 28.6 Å². The van der Waals surface area contributed by atoms with E-state index in [1.54, 1.807) is 13.8 Å². The quantitative estimate of drug-likeness (QED) is 0.360. The van der Waals surface area contributed by atoms with E-state index in [1.165, 1.54) is 13.0 Å². The Balaban J connectivity index is 3.06. The molecule has 0 amide bonds. The van der Waals surface area contributed by atoms with Gasteiger partial charge in [-0.15, -0.1) is 0 Å². The van der Waals surface area contributed by atoms with Crippen LogP contribution in [0.2, 0.25) is 0 Å². The van der Waals surface area contributed by atoms with Crippen LogP contribution in [0.25, 0.3) is 0 Å². The molecule has 0 saturated carbocycles. The first kappa shape index (κ1) is 13.0. The summed E-state index contributed by atoms with van der Waals surface area (Å²) in [5.41, 5.74) is 0.121. The molecule has 17 heavy (non-hydrogen) atoms. The van der Waals surface area contributed by atoms with Crippen molar-refractivity contribution >= 4 is 11.7 Å². The Hall–Kier alpha value is -2.11. The predicted molar refractivity (Wildman–Crippen MR) is 60.0 cm³/mol. The van der Waals surface area contributed by atoms with Gasteiger partial charge in [-0.3, -0.25) is 5.41 Å². The lowest BCUT2D eigenvalue weighted by atomic mass is 10.1. The molecule has 6 nitrogen and oxygen atoms in total. The SMILES string of the molecule is CCOC(=O)C(C(=N)c1cc(C)no1)=C(C)O. The van der Waals surface area contributed by atoms with Gasteiger partial charge in [0.1, 0.15) is 17.0 Å². The summed E-state index contributed by atoms with van der Waals surface area (Å²) in [5, 5.41) is 20.8. The fraction of sp³-hybridized carbons (Fsp3) is 0.364. The van der Waals surface area contributed by atoms with Gasteiger partial charge in [0.2, 0.25) is 0 Å². The fourth-order valence-electron chi connectivity index (χ4n) is 1.24. The van der Waals surface area contributed by atoms with E-state index in [9.17, 15) is 9.90 Å². The van der Waals surface area contributed by atoms with Crippen LogP contribution < -0.4 is 0 Å².